The normalized spacial score (nSPS) is 12.4. The van der Waals surface area contributed by atoms with Gasteiger partial charge in [-0.05, 0) is 55.8 Å². The first-order valence-corrected chi connectivity index (χ1v) is 9.18. The highest BCUT2D eigenvalue weighted by atomic mass is 79.9. The molecule has 0 aliphatic rings. The average molecular weight is 431 g/mol. The summed E-state index contributed by atoms with van der Waals surface area (Å²) in [5.41, 5.74) is 1.82. The van der Waals surface area contributed by atoms with Crippen LogP contribution in [0.3, 0.4) is 0 Å². The van der Waals surface area contributed by atoms with Crippen LogP contribution < -0.4 is 5.32 Å². The summed E-state index contributed by atoms with van der Waals surface area (Å²) in [6, 6.07) is 12.0. The van der Waals surface area contributed by atoms with Gasteiger partial charge in [0.2, 0.25) is 0 Å². The number of hydrogen-bond acceptors (Lipinski definition) is 2. The highest BCUT2D eigenvalue weighted by Crippen LogP contribution is 2.32. The van der Waals surface area contributed by atoms with Crippen molar-refractivity contribution in [3.05, 3.63) is 55.1 Å². The van der Waals surface area contributed by atoms with E-state index < -0.39 is 0 Å². The summed E-state index contributed by atoms with van der Waals surface area (Å²) < 4.78 is 1.79. The van der Waals surface area contributed by atoms with Crippen LogP contribution in [0.4, 0.5) is 0 Å². The summed E-state index contributed by atoms with van der Waals surface area (Å²) in [6.45, 7) is 4.33. The Hall–Kier alpha value is -0.650. The molecule has 21 heavy (non-hydrogen) atoms. The second-order valence-corrected chi connectivity index (χ2v) is 9.05. The first-order valence-electron chi connectivity index (χ1n) is 6.78. The second kappa shape index (κ2) is 7.56. The Morgan fingerprint density at radius 3 is 2.43 bits per heavy atom. The summed E-state index contributed by atoms with van der Waals surface area (Å²) in [5, 5.41) is 3.15. The first-order chi connectivity index (χ1) is 9.97. The Bertz CT molecular complexity index is 610. The molecule has 1 unspecified atom stereocenters. The van der Waals surface area contributed by atoms with Gasteiger partial charge in [-0.2, -0.15) is 0 Å². The minimum atomic E-state index is -0.0432. The number of benzene rings is 1. The number of carbonyl (C=O) groups is 1. The fourth-order valence-corrected chi connectivity index (χ4v) is 4.96. The maximum atomic E-state index is 12.5. The monoisotopic (exact) mass is 429 g/mol. The van der Waals surface area contributed by atoms with Gasteiger partial charge in [0.25, 0.3) is 5.91 Å². The number of nitrogens with one attached hydrogen (secondary N) is 1. The van der Waals surface area contributed by atoms with Crippen LogP contribution in [-0.4, -0.2) is 5.91 Å². The predicted molar refractivity (Wildman–Crippen MR) is 95.8 cm³/mol. The molecule has 0 bridgehead atoms. The summed E-state index contributed by atoms with van der Waals surface area (Å²) >= 11 is 8.36. The lowest BCUT2D eigenvalue weighted by Gasteiger charge is -2.21. The predicted octanol–water partition coefficient (Wildman–Crippen LogP) is 5.79. The SMILES string of the molecule is CC(C)CC(NC(=O)c1cc(Br)sc1Br)c1ccccc1. The fraction of sp³-hybridized carbons (Fsp3) is 0.312. The van der Waals surface area contributed by atoms with Gasteiger partial charge in [-0.1, -0.05) is 44.2 Å². The minimum absolute atomic E-state index is 0.0317. The maximum absolute atomic E-state index is 12.5. The van der Waals surface area contributed by atoms with Crippen molar-refractivity contribution < 1.29 is 4.79 Å². The molecule has 0 spiro atoms. The zero-order chi connectivity index (χ0) is 15.4. The van der Waals surface area contributed by atoms with Crippen LogP contribution in [0.15, 0.2) is 44.0 Å². The van der Waals surface area contributed by atoms with E-state index >= 15 is 0 Å². The van der Waals surface area contributed by atoms with Gasteiger partial charge in [0.1, 0.15) is 0 Å². The van der Waals surface area contributed by atoms with Gasteiger partial charge in [-0.3, -0.25) is 4.79 Å². The topological polar surface area (TPSA) is 29.1 Å². The Morgan fingerprint density at radius 1 is 1.24 bits per heavy atom. The van der Waals surface area contributed by atoms with E-state index in [1.54, 1.807) is 0 Å². The molecule has 1 aromatic carbocycles. The Morgan fingerprint density at radius 2 is 1.90 bits per heavy atom. The van der Waals surface area contributed by atoms with E-state index in [0.29, 0.717) is 11.5 Å². The Kier molecular flexibility index (Phi) is 6.02. The molecular weight excluding hydrogens is 414 g/mol. The van der Waals surface area contributed by atoms with Crippen molar-refractivity contribution >= 4 is 49.1 Å². The molecule has 5 heteroatoms. The smallest absolute Gasteiger partial charge is 0.253 e. The van der Waals surface area contributed by atoms with E-state index in [0.717, 1.165) is 19.6 Å². The van der Waals surface area contributed by atoms with Crippen molar-refractivity contribution in [2.45, 2.75) is 26.3 Å². The molecule has 0 aliphatic carbocycles. The van der Waals surface area contributed by atoms with Crippen LogP contribution in [0.5, 0.6) is 0 Å². The van der Waals surface area contributed by atoms with Crippen molar-refractivity contribution in [2.75, 3.05) is 0 Å². The largest absolute Gasteiger partial charge is 0.345 e. The number of thiophene rings is 1. The van der Waals surface area contributed by atoms with Crippen molar-refractivity contribution in [1.29, 1.82) is 0 Å². The van der Waals surface area contributed by atoms with Crippen molar-refractivity contribution in [3.63, 3.8) is 0 Å². The van der Waals surface area contributed by atoms with E-state index in [-0.39, 0.29) is 11.9 Å². The molecule has 0 saturated heterocycles. The Labute approximate surface area is 146 Å². The lowest BCUT2D eigenvalue weighted by molar-refractivity contribution is 0.0931. The molecule has 0 aliphatic heterocycles. The molecular formula is C16H17Br2NOS. The fourth-order valence-electron chi connectivity index (χ4n) is 2.17. The number of hydrogen-bond donors (Lipinski definition) is 1. The average Bonchev–Trinajstić information content (AvgIpc) is 2.77. The molecule has 0 saturated carbocycles. The molecule has 1 aromatic heterocycles. The maximum Gasteiger partial charge on any atom is 0.253 e. The lowest BCUT2D eigenvalue weighted by Crippen LogP contribution is -2.29. The molecule has 1 N–H and O–H groups in total. The third kappa shape index (κ3) is 4.66. The van der Waals surface area contributed by atoms with Gasteiger partial charge < -0.3 is 5.32 Å². The summed E-state index contributed by atoms with van der Waals surface area (Å²) in [4.78, 5) is 12.5. The molecule has 112 valence electrons. The van der Waals surface area contributed by atoms with Crippen LogP contribution >= 0.6 is 43.2 Å². The van der Waals surface area contributed by atoms with Crippen LogP contribution in [0.1, 0.15) is 42.2 Å². The van der Waals surface area contributed by atoms with Crippen LogP contribution in [0, 0.1) is 5.92 Å². The third-order valence-electron chi connectivity index (χ3n) is 3.12. The van der Waals surface area contributed by atoms with Crippen LogP contribution in [0.2, 0.25) is 0 Å². The molecule has 1 amide bonds. The first kappa shape index (κ1) is 16.7. The van der Waals surface area contributed by atoms with Gasteiger partial charge in [0, 0.05) is 0 Å². The lowest BCUT2D eigenvalue weighted by atomic mass is 9.97. The van der Waals surface area contributed by atoms with Gasteiger partial charge in [-0.15, -0.1) is 11.3 Å². The summed E-state index contributed by atoms with van der Waals surface area (Å²) in [6.07, 6.45) is 0.915. The van der Waals surface area contributed by atoms with Crippen LogP contribution in [-0.2, 0) is 0 Å². The van der Waals surface area contributed by atoms with Gasteiger partial charge >= 0.3 is 0 Å². The highest BCUT2D eigenvalue weighted by molar-refractivity contribution is 9.12. The third-order valence-corrected chi connectivity index (χ3v) is 5.45. The van der Waals surface area contributed by atoms with E-state index in [9.17, 15) is 4.79 Å². The molecule has 1 atom stereocenters. The van der Waals surface area contributed by atoms with Gasteiger partial charge in [0.15, 0.2) is 0 Å². The standard InChI is InChI=1S/C16H17Br2NOS/c1-10(2)8-13(11-6-4-3-5-7-11)19-16(20)12-9-14(17)21-15(12)18/h3-7,9-10,13H,8H2,1-2H3,(H,19,20). The molecule has 2 rings (SSSR count). The number of carbonyl (C=O) groups excluding carboxylic acids is 1. The highest BCUT2D eigenvalue weighted by Gasteiger charge is 2.19. The number of amides is 1. The van der Waals surface area contributed by atoms with E-state index in [1.165, 1.54) is 11.3 Å². The van der Waals surface area contributed by atoms with Gasteiger partial charge in [-0.25, -0.2) is 0 Å². The number of rotatable bonds is 5. The van der Waals surface area contributed by atoms with Gasteiger partial charge in [0.05, 0.1) is 19.2 Å². The van der Waals surface area contributed by atoms with Crippen LogP contribution in [0.25, 0.3) is 0 Å². The second-order valence-electron chi connectivity index (χ2n) is 5.30. The Balaban J connectivity index is 2.19. The molecule has 2 nitrogen and oxygen atoms in total. The van der Waals surface area contributed by atoms with E-state index in [2.05, 4.69) is 63.2 Å². The van der Waals surface area contributed by atoms with Crippen molar-refractivity contribution in [3.8, 4) is 0 Å². The van der Waals surface area contributed by atoms with E-state index in [4.69, 9.17) is 0 Å². The molecule has 2 aromatic rings. The van der Waals surface area contributed by atoms with Crippen molar-refractivity contribution in [1.82, 2.24) is 5.32 Å². The molecule has 0 radical (unpaired) electrons. The summed E-state index contributed by atoms with van der Waals surface area (Å²) in [7, 11) is 0. The quantitative estimate of drug-likeness (QED) is 0.638. The summed E-state index contributed by atoms with van der Waals surface area (Å²) in [5.74, 6) is 0.464. The van der Waals surface area contributed by atoms with E-state index in [1.807, 2.05) is 24.3 Å². The number of halogens is 2. The zero-order valence-electron chi connectivity index (χ0n) is 11.9. The molecule has 0 fully saturated rings. The molecule has 1 heterocycles. The van der Waals surface area contributed by atoms with Crippen molar-refractivity contribution in [2.24, 2.45) is 5.92 Å². The minimum Gasteiger partial charge on any atom is -0.345 e. The zero-order valence-corrected chi connectivity index (χ0v) is 15.9.